The smallest absolute Gasteiger partial charge is 0.325 e. The zero-order valence-electron chi connectivity index (χ0n) is 9.63. The number of carbonyl (C=O) groups is 2. The van der Waals surface area contributed by atoms with Crippen LogP contribution in [0.15, 0.2) is 22.7 Å². The number of para-hydroxylation sites is 1. The van der Waals surface area contributed by atoms with Gasteiger partial charge in [-0.3, -0.25) is 4.79 Å². The van der Waals surface area contributed by atoms with Gasteiger partial charge < -0.3 is 15.4 Å². The molecule has 98 valence electrons. The molecule has 1 aromatic carbocycles. The van der Waals surface area contributed by atoms with Crippen molar-refractivity contribution >= 4 is 33.6 Å². The van der Waals surface area contributed by atoms with Crippen LogP contribution in [0, 0.1) is 5.82 Å². The van der Waals surface area contributed by atoms with Gasteiger partial charge in [-0.25, -0.2) is 9.18 Å². The molecule has 0 aromatic heterocycles. The van der Waals surface area contributed by atoms with E-state index < -0.39 is 17.8 Å². The van der Waals surface area contributed by atoms with E-state index in [2.05, 4.69) is 31.3 Å². The maximum absolute atomic E-state index is 13.4. The Morgan fingerprint density at radius 3 is 2.78 bits per heavy atom. The van der Waals surface area contributed by atoms with E-state index in [0.29, 0.717) is 4.47 Å². The van der Waals surface area contributed by atoms with Crippen LogP contribution in [0.3, 0.4) is 0 Å². The number of ether oxygens (including phenoxy) is 1. The topological polar surface area (TPSA) is 67.4 Å². The van der Waals surface area contributed by atoms with Gasteiger partial charge in [0.15, 0.2) is 0 Å². The fourth-order valence-electron chi connectivity index (χ4n) is 1.14. The first-order valence-electron chi connectivity index (χ1n) is 5.19. The van der Waals surface area contributed by atoms with Gasteiger partial charge in [0.2, 0.25) is 0 Å². The minimum Gasteiger partial charge on any atom is -0.465 e. The van der Waals surface area contributed by atoms with E-state index in [1.165, 1.54) is 12.1 Å². The van der Waals surface area contributed by atoms with Crippen LogP contribution in [0.25, 0.3) is 0 Å². The Morgan fingerprint density at radius 1 is 1.44 bits per heavy atom. The first-order valence-corrected chi connectivity index (χ1v) is 5.98. The molecule has 0 aliphatic rings. The minimum atomic E-state index is -0.686. The highest BCUT2D eigenvalue weighted by atomic mass is 79.9. The number of esters is 1. The molecule has 0 aliphatic heterocycles. The van der Waals surface area contributed by atoms with Crippen molar-refractivity contribution in [2.75, 3.05) is 18.5 Å². The summed E-state index contributed by atoms with van der Waals surface area (Å²) in [4.78, 5) is 22.4. The number of hydrogen-bond donors (Lipinski definition) is 2. The summed E-state index contributed by atoms with van der Waals surface area (Å²) in [6.45, 7) is 1.63. The van der Waals surface area contributed by atoms with Gasteiger partial charge in [0.05, 0.1) is 12.3 Å². The second kappa shape index (κ2) is 6.95. The van der Waals surface area contributed by atoms with Crippen LogP contribution in [-0.2, 0) is 9.53 Å². The van der Waals surface area contributed by atoms with Crippen molar-refractivity contribution in [2.24, 2.45) is 0 Å². The van der Waals surface area contributed by atoms with Crippen LogP contribution >= 0.6 is 15.9 Å². The fraction of sp³-hybridized carbons (Fsp3) is 0.273. The normalized spacial score (nSPS) is 9.72. The van der Waals surface area contributed by atoms with Gasteiger partial charge in [-0.1, -0.05) is 6.07 Å². The Bertz CT molecular complexity index is 434. The third-order valence-electron chi connectivity index (χ3n) is 1.90. The first kappa shape index (κ1) is 14.4. The van der Waals surface area contributed by atoms with Gasteiger partial charge in [0.25, 0.3) is 0 Å². The molecule has 0 aliphatic carbocycles. The molecule has 2 amide bonds. The summed E-state index contributed by atoms with van der Waals surface area (Å²) in [6, 6.07) is 3.62. The largest absolute Gasteiger partial charge is 0.465 e. The van der Waals surface area contributed by atoms with Crippen molar-refractivity contribution in [1.82, 2.24) is 5.32 Å². The summed E-state index contributed by atoms with van der Waals surface area (Å²) >= 11 is 3.11. The lowest BCUT2D eigenvalue weighted by atomic mass is 10.3. The predicted octanol–water partition coefficient (Wildman–Crippen LogP) is 2.27. The maximum Gasteiger partial charge on any atom is 0.325 e. The van der Waals surface area contributed by atoms with Crippen molar-refractivity contribution in [1.29, 1.82) is 0 Å². The molecule has 0 saturated carbocycles. The number of amides is 2. The highest BCUT2D eigenvalue weighted by Gasteiger charge is 2.11. The van der Waals surface area contributed by atoms with Crippen LogP contribution in [0.5, 0.6) is 0 Å². The standard InChI is InChI=1S/C11H12BrFN2O3/c1-2-18-9(16)6-14-11(17)15-10-7(12)4-3-5-8(10)13/h3-5H,2,6H2,1H3,(H2,14,15,17). The molecule has 0 atom stereocenters. The molecule has 1 aromatic rings. The number of anilines is 1. The number of urea groups is 1. The Balaban J connectivity index is 2.52. The summed E-state index contributed by atoms with van der Waals surface area (Å²) in [7, 11) is 0. The fourth-order valence-corrected chi connectivity index (χ4v) is 1.58. The van der Waals surface area contributed by atoms with Crippen molar-refractivity contribution < 1.29 is 18.7 Å². The van der Waals surface area contributed by atoms with Crippen molar-refractivity contribution in [3.8, 4) is 0 Å². The molecule has 18 heavy (non-hydrogen) atoms. The molecular weight excluding hydrogens is 307 g/mol. The Labute approximate surface area is 112 Å². The SMILES string of the molecule is CCOC(=O)CNC(=O)Nc1c(F)cccc1Br. The quantitative estimate of drug-likeness (QED) is 0.837. The molecule has 0 fully saturated rings. The molecule has 0 radical (unpaired) electrons. The molecule has 0 bridgehead atoms. The van der Waals surface area contributed by atoms with Gasteiger partial charge in [-0.05, 0) is 35.0 Å². The van der Waals surface area contributed by atoms with Gasteiger partial charge in [0.1, 0.15) is 12.4 Å². The van der Waals surface area contributed by atoms with Gasteiger partial charge in [0, 0.05) is 4.47 Å². The third-order valence-corrected chi connectivity index (χ3v) is 2.56. The van der Waals surface area contributed by atoms with Gasteiger partial charge >= 0.3 is 12.0 Å². The van der Waals surface area contributed by atoms with Crippen molar-refractivity contribution in [3.63, 3.8) is 0 Å². The van der Waals surface area contributed by atoms with E-state index >= 15 is 0 Å². The Hall–Kier alpha value is -1.63. The van der Waals surface area contributed by atoms with Crippen LogP contribution in [-0.4, -0.2) is 25.2 Å². The van der Waals surface area contributed by atoms with Gasteiger partial charge in [-0.15, -0.1) is 0 Å². The second-order valence-corrected chi connectivity index (χ2v) is 4.06. The summed E-state index contributed by atoms with van der Waals surface area (Å²) in [5, 5.41) is 4.55. The lowest BCUT2D eigenvalue weighted by Gasteiger charge is -2.09. The molecular formula is C11H12BrFN2O3. The lowest BCUT2D eigenvalue weighted by Crippen LogP contribution is -2.34. The summed E-state index contributed by atoms with van der Waals surface area (Å²) in [5.41, 5.74) is 0.0128. The highest BCUT2D eigenvalue weighted by molar-refractivity contribution is 9.10. The number of carbonyl (C=O) groups excluding carboxylic acids is 2. The summed E-state index contributed by atoms with van der Waals surface area (Å²) < 4.78 is 18.4. The highest BCUT2D eigenvalue weighted by Crippen LogP contribution is 2.24. The molecule has 1 rings (SSSR count). The molecule has 7 heteroatoms. The average molecular weight is 319 g/mol. The molecule has 2 N–H and O–H groups in total. The minimum absolute atomic E-state index is 0.0128. The van der Waals surface area contributed by atoms with E-state index in [4.69, 9.17) is 0 Å². The van der Waals surface area contributed by atoms with Crippen LogP contribution in [0.4, 0.5) is 14.9 Å². The van der Waals surface area contributed by atoms with E-state index in [1.54, 1.807) is 13.0 Å². The predicted molar refractivity (Wildman–Crippen MR) is 67.8 cm³/mol. The molecule has 0 spiro atoms. The van der Waals surface area contributed by atoms with Gasteiger partial charge in [-0.2, -0.15) is 0 Å². The number of rotatable bonds is 4. The average Bonchev–Trinajstić information content (AvgIpc) is 2.32. The molecule has 5 nitrogen and oxygen atoms in total. The van der Waals surface area contributed by atoms with Crippen LogP contribution in [0.2, 0.25) is 0 Å². The zero-order valence-corrected chi connectivity index (χ0v) is 11.2. The molecule has 0 unspecified atom stereocenters. The number of halogens is 2. The summed E-state index contributed by atoms with van der Waals surface area (Å²) in [5.74, 6) is -1.13. The maximum atomic E-state index is 13.4. The molecule has 0 heterocycles. The number of hydrogen-bond acceptors (Lipinski definition) is 3. The van der Waals surface area contributed by atoms with Crippen LogP contribution < -0.4 is 10.6 Å². The van der Waals surface area contributed by atoms with E-state index in [-0.39, 0.29) is 18.8 Å². The van der Waals surface area contributed by atoms with Crippen LogP contribution in [0.1, 0.15) is 6.92 Å². The Kier molecular flexibility index (Phi) is 5.57. The summed E-state index contributed by atoms with van der Waals surface area (Å²) in [6.07, 6.45) is 0. The molecule has 0 saturated heterocycles. The Morgan fingerprint density at radius 2 is 2.17 bits per heavy atom. The third kappa shape index (κ3) is 4.33. The number of benzene rings is 1. The van der Waals surface area contributed by atoms with E-state index in [0.717, 1.165) is 0 Å². The number of nitrogens with one attached hydrogen (secondary N) is 2. The first-order chi connectivity index (χ1) is 8.54. The zero-order chi connectivity index (χ0) is 13.5. The monoisotopic (exact) mass is 318 g/mol. The van der Waals surface area contributed by atoms with Crippen molar-refractivity contribution in [2.45, 2.75) is 6.92 Å². The van der Waals surface area contributed by atoms with Crippen molar-refractivity contribution in [3.05, 3.63) is 28.5 Å². The second-order valence-electron chi connectivity index (χ2n) is 3.21. The van der Waals surface area contributed by atoms with E-state index in [1.807, 2.05) is 0 Å². The van der Waals surface area contributed by atoms with E-state index in [9.17, 15) is 14.0 Å². The lowest BCUT2D eigenvalue weighted by molar-refractivity contribution is -0.141.